The summed E-state index contributed by atoms with van der Waals surface area (Å²) in [7, 11) is 0. The molecule has 2 aliphatic rings. The summed E-state index contributed by atoms with van der Waals surface area (Å²) in [5, 5.41) is 13.8. The molecule has 0 atom stereocenters. The first-order valence-electron chi connectivity index (χ1n) is 16.3. The summed E-state index contributed by atoms with van der Waals surface area (Å²) in [6.07, 6.45) is 10.3. The molecule has 0 bridgehead atoms. The summed E-state index contributed by atoms with van der Waals surface area (Å²) in [4.78, 5) is 17.1. The van der Waals surface area contributed by atoms with Gasteiger partial charge in [0.15, 0.2) is 5.78 Å². The normalized spacial score (nSPS) is 22.0. The number of ketones is 1. The summed E-state index contributed by atoms with van der Waals surface area (Å²) < 4.78 is 0. The molecule has 1 aromatic heterocycles. The molecule has 45 heavy (non-hydrogen) atoms. The monoisotopic (exact) mass is 783 g/mol. The van der Waals surface area contributed by atoms with Crippen molar-refractivity contribution in [3.8, 4) is 11.3 Å². The maximum Gasteiger partial charge on any atom is 0.162 e. The third-order valence-corrected chi connectivity index (χ3v) is 9.67. The van der Waals surface area contributed by atoms with Gasteiger partial charge in [0.2, 0.25) is 0 Å². The largest absolute Gasteiger partial charge is 0.512 e. The quantitative estimate of drug-likeness (QED) is 0.127. The number of carbonyl (C=O) groups excluding carboxylic acids is 1. The number of fused-ring (bicyclic) bond motifs is 2. The zero-order valence-corrected chi connectivity index (χ0v) is 29.4. The maximum absolute atomic E-state index is 12.2. The fraction of sp³-hybridized carbons (Fsp3) is 0.463. The molecule has 1 N–H and O–H groups in total. The van der Waals surface area contributed by atoms with Crippen molar-refractivity contribution in [2.45, 2.75) is 98.8 Å². The van der Waals surface area contributed by atoms with Crippen molar-refractivity contribution in [1.82, 2.24) is 4.98 Å². The minimum atomic E-state index is 0. The van der Waals surface area contributed by atoms with E-state index in [0.29, 0.717) is 5.76 Å². The van der Waals surface area contributed by atoms with Crippen LogP contribution in [0.5, 0.6) is 0 Å². The summed E-state index contributed by atoms with van der Waals surface area (Å²) in [5.74, 6) is 2.48. The average Bonchev–Trinajstić information content (AvgIpc) is 3.00. The van der Waals surface area contributed by atoms with Gasteiger partial charge in [-0.3, -0.25) is 9.78 Å². The van der Waals surface area contributed by atoms with Crippen molar-refractivity contribution in [3.05, 3.63) is 90.2 Å². The van der Waals surface area contributed by atoms with Crippen LogP contribution < -0.4 is 0 Å². The van der Waals surface area contributed by atoms with Crippen molar-refractivity contribution >= 4 is 27.5 Å². The van der Waals surface area contributed by atoms with Gasteiger partial charge in [-0.25, -0.2) is 0 Å². The molecule has 3 nitrogen and oxygen atoms in total. The van der Waals surface area contributed by atoms with Crippen LogP contribution in [0, 0.1) is 29.7 Å². The van der Waals surface area contributed by atoms with Gasteiger partial charge in [-0.1, -0.05) is 116 Å². The summed E-state index contributed by atoms with van der Waals surface area (Å²) in [5.41, 5.74) is 4.55. The Morgan fingerprint density at radius 2 is 1.44 bits per heavy atom. The molecule has 2 fully saturated rings. The van der Waals surface area contributed by atoms with Crippen LogP contribution in [0.4, 0.5) is 0 Å². The van der Waals surface area contributed by atoms with Crippen LogP contribution in [0.25, 0.3) is 32.9 Å². The van der Waals surface area contributed by atoms with Gasteiger partial charge in [-0.05, 0) is 71.7 Å². The van der Waals surface area contributed by atoms with Crippen LogP contribution in [0.3, 0.4) is 0 Å². The Balaban J connectivity index is 0.000000241. The zero-order valence-electron chi connectivity index (χ0n) is 27.0. The van der Waals surface area contributed by atoms with Gasteiger partial charge in [0.1, 0.15) is 0 Å². The van der Waals surface area contributed by atoms with Gasteiger partial charge in [0.25, 0.3) is 0 Å². The maximum atomic E-state index is 12.2. The molecule has 4 heteroatoms. The fourth-order valence-corrected chi connectivity index (χ4v) is 6.59. The van der Waals surface area contributed by atoms with E-state index in [2.05, 4.69) is 101 Å². The van der Waals surface area contributed by atoms with E-state index >= 15 is 0 Å². The Hall–Kier alpha value is -2.81. The van der Waals surface area contributed by atoms with Crippen LogP contribution in [0.2, 0.25) is 0 Å². The number of allylic oxidation sites excluding steroid dienone is 2. The molecule has 0 aliphatic heterocycles. The van der Waals surface area contributed by atoms with E-state index in [1.807, 2.05) is 6.07 Å². The van der Waals surface area contributed by atoms with Gasteiger partial charge in [0, 0.05) is 38.0 Å². The number of aliphatic hydroxyl groups is 1. The van der Waals surface area contributed by atoms with Crippen LogP contribution in [-0.4, -0.2) is 15.9 Å². The predicted molar refractivity (Wildman–Crippen MR) is 187 cm³/mol. The number of pyridine rings is 1. The molecule has 243 valence electrons. The molecule has 1 radical (unpaired) electrons. The number of nitrogens with zero attached hydrogens (tertiary/aromatic N) is 1. The Morgan fingerprint density at radius 1 is 0.822 bits per heavy atom. The molecule has 4 aromatic rings. The van der Waals surface area contributed by atoms with Crippen LogP contribution in [-0.2, 0) is 30.3 Å². The molecular formula is C41H52IrNO2-. The number of benzene rings is 3. The summed E-state index contributed by atoms with van der Waals surface area (Å²) in [6.45, 7) is 11.2. The Kier molecular flexibility index (Phi) is 13.2. The molecule has 2 aliphatic carbocycles. The number of aliphatic hydroxyl groups excluding tert-OH is 1. The third kappa shape index (κ3) is 9.36. The Bertz CT molecular complexity index is 1580. The van der Waals surface area contributed by atoms with Crippen molar-refractivity contribution in [3.63, 3.8) is 0 Å². The number of hydrogen-bond acceptors (Lipinski definition) is 3. The smallest absolute Gasteiger partial charge is 0.162 e. The van der Waals surface area contributed by atoms with Crippen LogP contribution in [0.15, 0.2) is 78.6 Å². The Morgan fingerprint density at radius 3 is 2.09 bits per heavy atom. The molecule has 1 heterocycles. The first-order chi connectivity index (χ1) is 20.6. The Labute approximate surface area is 285 Å². The topological polar surface area (TPSA) is 50.2 Å². The second kappa shape index (κ2) is 16.1. The van der Waals surface area contributed by atoms with Gasteiger partial charge < -0.3 is 5.11 Å². The molecule has 0 spiro atoms. The zero-order chi connectivity index (χ0) is 30.6. The molecule has 0 unspecified atom stereocenters. The van der Waals surface area contributed by atoms with Crippen molar-refractivity contribution in [2.75, 3.05) is 0 Å². The van der Waals surface area contributed by atoms with E-state index < -0.39 is 0 Å². The standard InChI is InChI=1S/C23H20N.C17H28O2.CH4.Ir/c1-23(2,3)18-12-14-21-17(15-18)11-13-22(24-21)20-10-6-8-16-7-4-5-9-19(16)20;1-12-3-7-14(8-4-12)16(18)11-17(19)15-9-5-13(2)6-10-15;;/h4-9,11-15H,1-3H3;11-15,18H,3-10H2,1-2H3;1H4;/q-1;;;. The van der Waals surface area contributed by atoms with Gasteiger partial charge in [-0.15, -0.1) is 29.1 Å². The van der Waals surface area contributed by atoms with Gasteiger partial charge in [0.05, 0.1) is 11.3 Å². The van der Waals surface area contributed by atoms with Gasteiger partial charge in [-0.2, -0.15) is 0 Å². The molecule has 0 saturated heterocycles. The van der Waals surface area contributed by atoms with E-state index in [9.17, 15) is 9.90 Å². The van der Waals surface area contributed by atoms with Crippen LogP contribution in [0.1, 0.15) is 99.0 Å². The fourth-order valence-electron chi connectivity index (χ4n) is 6.59. The van der Waals surface area contributed by atoms with Gasteiger partial charge >= 0.3 is 0 Å². The van der Waals surface area contributed by atoms with Crippen LogP contribution >= 0.6 is 0 Å². The minimum Gasteiger partial charge on any atom is -0.512 e. The SMILES string of the molecule is C.CC(C)(C)c1ccc2nc(-c3[c-]ccc4ccccc34)ccc2c1.CC1CCC(C(=O)C=C(O)C2CCC(C)CC2)CC1.[Ir]. The summed E-state index contributed by atoms with van der Waals surface area (Å²) >= 11 is 0. The van der Waals surface area contributed by atoms with E-state index in [1.165, 1.54) is 34.6 Å². The van der Waals surface area contributed by atoms with Crippen molar-refractivity contribution in [1.29, 1.82) is 0 Å². The number of hydrogen-bond donors (Lipinski definition) is 1. The van der Waals surface area contributed by atoms with E-state index in [4.69, 9.17) is 4.98 Å². The van der Waals surface area contributed by atoms with E-state index in [1.54, 1.807) is 6.08 Å². The number of carbonyl (C=O) groups is 1. The minimum absolute atomic E-state index is 0. The molecule has 3 aromatic carbocycles. The van der Waals surface area contributed by atoms with E-state index in [0.717, 1.165) is 67.1 Å². The number of rotatable bonds is 4. The first-order valence-corrected chi connectivity index (χ1v) is 16.3. The predicted octanol–water partition coefficient (Wildman–Crippen LogP) is 11.4. The second-order valence-corrected chi connectivity index (χ2v) is 14.2. The van der Waals surface area contributed by atoms with Crippen molar-refractivity contribution in [2.24, 2.45) is 23.7 Å². The molecule has 0 amide bonds. The average molecular weight is 783 g/mol. The van der Waals surface area contributed by atoms with Crippen molar-refractivity contribution < 1.29 is 30.0 Å². The molecule has 2 saturated carbocycles. The number of aromatic nitrogens is 1. The molecular weight excluding hydrogens is 731 g/mol. The van der Waals surface area contributed by atoms with E-state index in [-0.39, 0.29) is 50.6 Å². The first kappa shape index (κ1) is 36.7. The second-order valence-electron chi connectivity index (χ2n) is 14.2. The molecule has 6 rings (SSSR count). The third-order valence-electron chi connectivity index (χ3n) is 9.67. The summed E-state index contributed by atoms with van der Waals surface area (Å²) in [6, 6.07) is 26.7.